The fraction of sp³-hybridized carbons (Fsp3) is 0.138. The third-order valence-corrected chi connectivity index (χ3v) is 7.19. The molecular formula is C29H24N8. The molecule has 0 aromatic carbocycles. The second kappa shape index (κ2) is 8.67. The number of hydrogen-bond donors (Lipinski definition) is 3. The number of rotatable bonds is 6. The Morgan fingerprint density at radius 1 is 0.865 bits per heavy atom. The lowest BCUT2D eigenvalue weighted by molar-refractivity contribution is 0.371. The first kappa shape index (κ1) is 21.4. The van der Waals surface area contributed by atoms with Gasteiger partial charge < -0.3 is 10.3 Å². The normalized spacial score (nSPS) is 13.6. The van der Waals surface area contributed by atoms with Crippen LogP contribution in [-0.4, -0.2) is 35.1 Å². The van der Waals surface area contributed by atoms with Gasteiger partial charge in [0.15, 0.2) is 5.65 Å². The summed E-state index contributed by atoms with van der Waals surface area (Å²) in [5, 5.41) is 13.1. The largest absolute Gasteiger partial charge is 0.358 e. The molecule has 0 amide bonds. The highest BCUT2D eigenvalue weighted by Crippen LogP contribution is 2.35. The molecule has 1 aliphatic carbocycles. The van der Waals surface area contributed by atoms with Crippen molar-refractivity contribution >= 4 is 27.6 Å². The molecule has 8 nitrogen and oxygen atoms in total. The van der Waals surface area contributed by atoms with Gasteiger partial charge in [-0.2, -0.15) is 5.10 Å². The van der Waals surface area contributed by atoms with Crippen LogP contribution in [0.5, 0.6) is 0 Å². The van der Waals surface area contributed by atoms with Gasteiger partial charge in [0.2, 0.25) is 0 Å². The predicted octanol–water partition coefficient (Wildman–Crippen LogP) is 6.35. The minimum absolute atomic E-state index is 0.556. The Kier molecular flexibility index (Phi) is 5.02. The topological polar surface area (TPSA) is 108 Å². The van der Waals surface area contributed by atoms with E-state index in [9.17, 15) is 0 Å². The predicted molar refractivity (Wildman–Crippen MR) is 146 cm³/mol. The van der Waals surface area contributed by atoms with Crippen LogP contribution in [0.1, 0.15) is 19.3 Å². The second-order valence-corrected chi connectivity index (χ2v) is 9.50. The van der Waals surface area contributed by atoms with Crippen molar-refractivity contribution in [3.8, 4) is 33.6 Å². The molecule has 7 rings (SSSR count). The molecule has 6 aromatic rings. The van der Waals surface area contributed by atoms with Crippen LogP contribution in [-0.2, 0) is 0 Å². The van der Waals surface area contributed by atoms with E-state index in [-0.39, 0.29) is 0 Å². The van der Waals surface area contributed by atoms with Gasteiger partial charge in [0.1, 0.15) is 0 Å². The first-order valence-electron chi connectivity index (χ1n) is 12.4. The Bertz CT molecular complexity index is 1760. The van der Waals surface area contributed by atoms with Crippen molar-refractivity contribution in [1.29, 1.82) is 0 Å². The number of hydrogen-bond acceptors (Lipinski definition) is 6. The lowest BCUT2D eigenvalue weighted by atomic mass is 9.83. The number of pyridine rings is 4. The van der Waals surface area contributed by atoms with Gasteiger partial charge in [-0.15, -0.1) is 0 Å². The molecule has 1 aliphatic rings. The van der Waals surface area contributed by atoms with Crippen molar-refractivity contribution in [1.82, 2.24) is 35.1 Å². The van der Waals surface area contributed by atoms with Gasteiger partial charge in [0.25, 0.3) is 0 Å². The second-order valence-electron chi connectivity index (χ2n) is 9.50. The average molecular weight is 485 g/mol. The molecule has 8 heteroatoms. The van der Waals surface area contributed by atoms with Crippen LogP contribution in [0.15, 0.2) is 86.0 Å². The molecule has 180 valence electrons. The number of fused-ring (bicyclic) bond motifs is 2. The summed E-state index contributed by atoms with van der Waals surface area (Å²) in [4.78, 5) is 21.2. The van der Waals surface area contributed by atoms with E-state index < -0.39 is 0 Å². The van der Waals surface area contributed by atoms with Gasteiger partial charge >= 0.3 is 0 Å². The number of anilines is 1. The molecule has 0 radical (unpaired) electrons. The van der Waals surface area contributed by atoms with E-state index in [4.69, 9.17) is 0 Å². The Labute approximate surface area is 212 Å². The van der Waals surface area contributed by atoms with Gasteiger partial charge in [-0.1, -0.05) is 13.0 Å². The van der Waals surface area contributed by atoms with E-state index in [0.717, 1.165) is 61.3 Å². The smallest absolute Gasteiger partial charge is 0.181 e. The Morgan fingerprint density at radius 3 is 2.54 bits per heavy atom. The Balaban J connectivity index is 1.26. The number of nitrogens with zero attached hydrogens (tertiary/aromatic N) is 5. The van der Waals surface area contributed by atoms with Crippen LogP contribution in [0.2, 0.25) is 0 Å². The lowest BCUT2D eigenvalue weighted by Gasteiger charge is -2.28. The first-order valence-corrected chi connectivity index (χ1v) is 12.4. The maximum Gasteiger partial charge on any atom is 0.181 e. The fourth-order valence-corrected chi connectivity index (χ4v) is 4.92. The van der Waals surface area contributed by atoms with Crippen LogP contribution in [0.4, 0.5) is 5.69 Å². The fourth-order valence-electron chi connectivity index (χ4n) is 4.92. The summed E-state index contributed by atoms with van der Waals surface area (Å²) in [6, 6.07) is 10.3. The highest BCUT2D eigenvalue weighted by molar-refractivity contribution is 6.00. The standard InChI is InChI=1S/C29H24N8/c1-17(18-3-2-4-18)34-22-9-20(12-31-14-22)21-10-24-28(36-37-29(24)33-13-21)26-11-23-25(15-32-16-27(23)35-26)19-5-7-30-8-6-19/h5-16,18,34-35H,1-4H2,(H,33,36,37). The molecule has 6 aromatic heterocycles. The number of nitrogens with one attached hydrogen (secondary N) is 3. The molecule has 37 heavy (non-hydrogen) atoms. The van der Waals surface area contributed by atoms with Crippen LogP contribution in [0.25, 0.3) is 55.6 Å². The van der Waals surface area contributed by atoms with Crippen molar-refractivity contribution in [3.63, 3.8) is 0 Å². The van der Waals surface area contributed by atoms with Crippen molar-refractivity contribution < 1.29 is 0 Å². The minimum atomic E-state index is 0.556. The average Bonchev–Trinajstić information content (AvgIpc) is 3.52. The van der Waals surface area contributed by atoms with Gasteiger partial charge in [-0.05, 0) is 54.7 Å². The number of allylic oxidation sites excluding steroid dienone is 1. The minimum Gasteiger partial charge on any atom is -0.358 e. The van der Waals surface area contributed by atoms with Gasteiger partial charge in [-0.3, -0.25) is 20.1 Å². The van der Waals surface area contributed by atoms with Crippen LogP contribution in [0.3, 0.4) is 0 Å². The SMILES string of the molecule is C=C(Nc1cncc(-c2cnc3n[nH]c(-c4cc5c(-c6ccncc6)cncc5[nH]4)c3c2)c1)C1CCC1. The maximum atomic E-state index is 4.62. The van der Waals surface area contributed by atoms with E-state index in [1.807, 2.05) is 43.1 Å². The van der Waals surface area contributed by atoms with Crippen LogP contribution < -0.4 is 5.32 Å². The van der Waals surface area contributed by atoms with E-state index in [1.54, 1.807) is 12.4 Å². The summed E-state index contributed by atoms with van der Waals surface area (Å²) in [7, 11) is 0. The maximum absolute atomic E-state index is 4.62. The summed E-state index contributed by atoms with van der Waals surface area (Å²) in [5.74, 6) is 0.556. The van der Waals surface area contributed by atoms with E-state index in [0.29, 0.717) is 11.6 Å². The number of aromatic amines is 2. The molecule has 0 aliphatic heterocycles. The van der Waals surface area contributed by atoms with Gasteiger partial charge in [0.05, 0.1) is 35.0 Å². The molecule has 0 spiro atoms. The van der Waals surface area contributed by atoms with Crippen LogP contribution >= 0.6 is 0 Å². The van der Waals surface area contributed by atoms with Crippen molar-refractivity contribution in [2.75, 3.05) is 5.32 Å². The molecule has 1 saturated carbocycles. The van der Waals surface area contributed by atoms with Crippen molar-refractivity contribution in [3.05, 3.63) is 86.0 Å². The quantitative estimate of drug-likeness (QED) is 0.254. The zero-order valence-corrected chi connectivity index (χ0v) is 20.1. The molecule has 0 bridgehead atoms. The Morgan fingerprint density at radius 2 is 1.70 bits per heavy atom. The summed E-state index contributed by atoms with van der Waals surface area (Å²) in [6.07, 6.45) is 16.5. The molecule has 0 unspecified atom stereocenters. The third kappa shape index (κ3) is 3.83. The van der Waals surface area contributed by atoms with Crippen molar-refractivity contribution in [2.24, 2.45) is 5.92 Å². The molecule has 3 N–H and O–H groups in total. The Hall–Kier alpha value is -4.85. The van der Waals surface area contributed by atoms with Gasteiger partial charge in [-0.25, -0.2) is 4.98 Å². The number of H-pyrrole nitrogens is 2. The molecule has 6 heterocycles. The lowest BCUT2D eigenvalue weighted by Crippen LogP contribution is -2.18. The molecule has 0 atom stereocenters. The summed E-state index contributed by atoms with van der Waals surface area (Å²) < 4.78 is 0. The molecule has 1 fully saturated rings. The van der Waals surface area contributed by atoms with Crippen molar-refractivity contribution in [2.45, 2.75) is 19.3 Å². The monoisotopic (exact) mass is 484 g/mol. The summed E-state index contributed by atoms with van der Waals surface area (Å²) >= 11 is 0. The van der Waals surface area contributed by atoms with Crippen LogP contribution in [0, 0.1) is 5.92 Å². The molecule has 0 saturated heterocycles. The van der Waals surface area contributed by atoms with E-state index in [2.05, 4.69) is 65.2 Å². The molecular weight excluding hydrogens is 460 g/mol. The first-order chi connectivity index (χ1) is 18.2. The zero-order chi connectivity index (χ0) is 24.8. The summed E-state index contributed by atoms with van der Waals surface area (Å²) in [6.45, 7) is 4.22. The van der Waals surface area contributed by atoms with Gasteiger partial charge in [0, 0.05) is 64.1 Å². The highest BCUT2D eigenvalue weighted by atomic mass is 15.2. The zero-order valence-electron chi connectivity index (χ0n) is 20.1. The number of aromatic nitrogens is 7. The van der Waals surface area contributed by atoms with E-state index in [1.165, 1.54) is 19.3 Å². The third-order valence-electron chi connectivity index (χ3n) is 7.19. The van der Waals surface area contributed by atoms with E-state index >= 15 is 0 Å². The highest BCUT2D eigenvalue weighted by Gasteiger charge is 2.21. The summed E-state index contributed by atoms with van der Waals surface area (Å²) in [5.41, 5.74) is 9.47.